The van der Waals surface area contributed by atoms with Gasteiger partial charge in [0.15, 0.2) is 5.69 Å². The van der Waals surface area contributed by atoms with Crippen molar-refractivity contribution in [2.45, 2.75) is 6.92 Å². The van der Waals surface area contributed by atoms with Gasteiger partial charge in [-0.2, -0.15) is 5.26 Å². The van der Waals surface area contributed by atoms with Crippen molar-refractivity contribution in [1.29, 1.82) is 5.26 Å². The van der Waals surface area contributed by atoms with Crippen LogP contribution in [0.2, 0.25) is 0 Å². The summed E-state index contributed by atoms with van der Waals surface area (Å²) in [6.45, 7) is 1.91. The predicted octanol–water partition coefficient (Wildman–Crippen LogP) is 2.40. The summed E-state index contributed by atoms with van der Waals surface area (Å²) in [6.07, 6.45) is 3.33. The second kappa shape index (κ2) is 4.41. The molecule has 4 heteroatoms. The highest BCUT2D eigenvalue weighted by molar-refractivity contribution is 5.65. The smallest absolute Gasteiger partial charge is 0.163 e. The maximum absolute atomic E-state index is 8.90. The van der Waals surface area contributed by atoms with E-state index in [1.54, 1.807) is 18.5 Å². The summed E-state index contributed by atoms with van der Waals surface area (Å²) in [7, 11) is 0. The van der Waals surface area contributed by atoms with Crippen LogP contribution in [0.3, 0.4) is 0 Å². The molecule has 1 N–H and O–H groups in total. The van der Waals surface area contributed by atoms with Crippen molar-refractivity contribution >= 4 is 11.4 Å². The van der Waals surface area contributed by atoms with E-state index in [9.17, 15) is 0 Å². The van der Waals surface area contributed by atoms with Gasteiger partial charge < -0.3 is 5.32 Å². The SMILES string of the molecule is Cc1ncccc1Nc1cccnc1C#N. The van der Waals surface area contributed by atoms with E-state index >= 15 is 0 Å². The number of aromatic nitrogens is 2. The predicted molar refractivity (Wildman–Crippen MR) is 61.2 cm³/mol. The summed E-state index contributed by atoms with van der Waals surface area (Å²) < 4.78 is 0. The summed E-state index contributed by atoms with van der Waals surface area (Å²) in [4.78, 5) is 8.14. The Morgan fingerprint density at radius 3 is 2.50 bits per heavy atom. The lowest BCUT2D eigenvalue weighted by atomic mass is 10.2. The van der Waals surface area contributed by atoms with Crippen LogP contribution in [0.4, 0.5) is 11.4 Å². The molecule has 2 aromatic rings. The van der Waals surface area contributed by atoms with Crippen LogP contribution >= 0.6 is 0 Å². The Bertz CT molecular complexity index is 543. The molecule has 0 aliphatic rings. The Morgan fingerprint density at radius 2 is 1.81 bits per heavy atom. The lowest BCUT2D eigenvalue weighted by Gasteiger charge is -2.08. The van der Waals surface area contributed by atoms with Gasteiger partial charge in [-0.05, 0) is 31.2 Å². The van der Waals surface area contributed by atoms with Crippen LogP contribution < -0.4 is 5.32 Å². The third-order valence-corrected chi connectivity index (χ3v) is 2.19. The minimum Gasteiger partial charge on any atom is -0.352 e. The molecule has 0 saturated heterocycles. The largest absolute Gasteiger partial charge is 0.352 e. The lowest BCUT2D eigenvalue weighted by molar-refractivity contribution is 1.19. The van der Waals surface area contributed by atoms with Gasteiger partial charge in [-0.15, -0.1) is 0 Å². The first-order valence-electron chi connectivity index (χ1n) is 4.85. The van der Waals surface area contributed by atoms with Gasteiger partial charge in [0, 0.05) is 12.4 Å². The fraction of sp³-hybridized carbons (Fsp3) is 0.0833. The Morgan fingerprint density at radius 1 is 1.12 bits per heavy atom. The number of rotatable bonds is 2. The number of nitrogens with zero attached hydrogens (tertiary/aromatic N) is 3. The van der Waals surface area contributed by atoms with E-state index in [1.165, 1.54) is 0 Å². The maximum atomic E-state index is 8.90. The fourth-order valence-electron chi connectivity index (χ4n) is 1.36. The molecule has 0 saturated carbocycles. The molecule has 2 heterocycles. The van der Waals surface area contributed by atoms with Gasteiger partial charge in [0.25, 0.3) is 0 Å². The van der Waals surface area contributed by atoms with Crippen molar-refractivity contribution in [3.05, 3.63) is 48.0 Å². The number of anilines is 2. The first-order valence-corrected chi connectivity index (χ1v) is 4.85. The first-order chi connectivity index (χ1) is 7.81. The summed E-state index contributed by atoms with van der Waals surface area (Å²) in [5.74, 6) is 0. The van der Waals surface area contributed by atoms with Crippen molar-refractivity contribution in [3.63, 3.8) is 0 Å². The number of hydrogen-bond donors (Lipinski definition) is 1. The number of nitrogens with one attached hydrogen (secondary N) is 1. The highest BCUT2D eigenvalue weighted by atomic mass is 14.9. The van der Waals surface area contributed by atoms with Crippen LogP contribution in [-0.4, -0.2) is 9.97 Å². The van der Waals surface area contributed by atoms with E-state index in [0.717, 1.165) is 11.4 Å². The monoisotopic (exact) mass is 210 g/mol. The van der Waals surface area contributed by atoms with E-state index < -0.39 is 0 Å². The number of aryl methyl sites for hydroxylation is 1. The van der Waals surface area contributed by atoms with Gasteiger partial charge >= 0.3 is 0 Å². The minimum atomic E-state index is 0.380. The van der Waals surface area contributed by atoms with E-state index in [2.05, 4.69) is 15.3 Å². The topological polar surface area (TPSA) is 61.6 Å². The van der Waals surface area contributed by atoms with E-state index in [-0.39, 0.29) is 0 Å². The number of nitriles is 1. The zero-order valence-corrected chi connectivity index (χ0v) is 8.81. The molecule has 4 nitrogen and oxygen atoms in total. The molecular weight excluding hydrogens is 200 g/mol. The Balaban J connectivity index is 2.35. The quantitative estimate of drug-likeness (QED) is 0.826. The van der Waals surface area contributed by atoms with Gasteiger partial charge in [-0.1, -0.05) is 0 Å². The first kappa shape index (κ1) is 10.1. The van der Waals surface area contributed by atoms with Crippen LogP contribution in [0.15, 0.2) is 36.7 Å². The van der Waals surface area contributed by atoms with Crippen LogP contribution in [-0.2, 0) is 0 Å². The zero-order chi connectivity index (χ0) is 11.4. The number of hydrogen-bond acceptors (Lipinski definition) is 4. The van der Waals surface area contributed by atoms with Crippen molar-refractivity contribution in [3.8, 4) is 6.07 Å². The van der Waals surface area contributed by atoms with Gasteiger partial charge in [-0.3, -0.25) is 4.98 Å². The van der Waals surface area contributed by atoms with Crippen molar-refractivity contribution in [2.24, 2.45) is 0 Å². The van der Waals surface area contributed by atoms with Crippen LogP contribution in [0.25, 0.3) is 0 Å². The second-order valence-corrected chi connectivity index (χ2v) is 3.27. The average Bonchev–Trinajstić information content (AvgIpc) is 2.33. The summed E-state index contributed by atoms with van der Waals surface area (Å²) >= 11 is 0. The molecule has 0 aromatic carbocycles. The molecule has 0 aliphatic heterocycles. The summed E-state index contributed by atoms with van der Waals surface area (Å²) in [5.41, 5.74) is 2.84. The molecule has 0 amide bonds. The Labute approximate surface area is 93.6 Å². The van der Waals surface area contributed by atoms with Gasteiger partial charge in [-0.25, -0.2) is 4.98 Å². The Hall–Kier alpha value is -2.41. The molecule has 16 heavy (non-hydrogen) atoms. The van der Waals surface area contributed by atoms with E-state index in [4.69, 9.17) is 5.26 Å². The molecular formula is C12H10N4. The highest BCUT2D eigenvalue weighted by Crippen LogP contribution is 2.20. The molecule has 0 radical (unpaired) electrons. The molecule has 0 atom stereocenters. The molecule has 2 rings (SSSR count). The molecule has 0 fully saturated rings. The summed E-state index contributed by atoms with van der Waals surface area (Å²) in [6, 6.07) is 9.40. The number of pyridine rings is 2. The fourth-order valence-corrected chi connectivity index (χ4v) is 1.36. The molecule has 0 spiro atoms. The average molecular weight is 210 g/mol. The van der Waals surface area contributed by atoms with E-state index in [1.807, 2.05) is 31.2 Å². The van der Waals surface area contributed by atoms with Crippen molar-refractivity contribution in [2.75, 3.05) is 5.32 Å². The molecule has 0 unspecified atom stereocenters. The molecule has 2 aromatic heterocycles. The third kappa shape index (κ3) is 1.98. The van der Waals surface area contributed by atoms with Gasteiger partial charge in [0.05, 0.1) is 17.1 Å². The normalized spacial score (nSPS) is 9.50. The standard InChI is InChI=1S/C12H10N4/c1-9-10(4-2-6-14-9)16-11-5-3-7-15-12(11)8-13/h2-7,16H,1H3. The van der Waals surface area contributed by atoms with Crippen LogP contribution in [0, 0.1) is 18.3 Å². The van der Waals surface area contributed by atoms with Crippen molar-refractivity contribution in [1.82, 2.24) is 9.97 Å². The van der Waals surface area contributed by atoms with E-state index in [0.29, 0.717) is 11.4 Å². The maximum Gasteiger partial charge on any atom is 0.163 e. The third-order valence-electron chi connectivity index (χ3n) is 2.19. The molecule has 78 valence electrons. The zero-order valence-electron chi connectivity index (χ0n) is 8.81. The lowest BCUT2D eigenvalue weighted by Crippen LogP contribution is -1.98. The summed E-state index contributed by atoms with van der Waals surface area (Å²) in [5, 5.41) is 12.0. The Kier molecular flexibility index (Phi) is 2.79. The van der Waals surface area contributed by atoms with Gasteiger partial charge in [0.1, 0.15) is 6.07 Å². The minimum absolute atomic E-state index is 0.380. The highest BCUT2D eigenvalue weighted by Gasteiger charge is 2.04. The second-order valence-electron chi connectivity index (χ2n) is 3.27. The molecule has 0 bridgehead atoms. The van der Waals surface area contributed by atoms with Crippen LogP contribution in [0.1, 0.15) is 11.4 Å². The van der Waals surface area contributed by atoms with Crippen molar-refractivity contribution < 1.29 is 0 Å². The van der Waals surface area contributed by atoms with Gasteiger partial charge in [0.2, 0.25) is 0 Å². The molecule has 0 aliphatic carbocycles. The van der Waals surface area contributed by atoms with Crippen LogP contribution in [0.5, 0.6) is 0 Å².